The van der Waals surface area contributed by atoms with Crippen LogP contribution in [0.25, 0.3) is 11.3 Å². The fraction of sp³-hybridized carbons (Fsp3) is 0.320. The predicted molar refractivity (Wildman–Crippen MR) is 121 cm³/mol. The first kappa shape index (κ1) is 23.4. The van der Waals surface area contributed by atoms with Gasteiger partial charge in [0.2, 0.25) is 0 Å². The number of aliphatic hydroxyl groups excluding tert-OH is 1. The van der Waals surface area contributed by atoms with Crippen molar-refractivity contribution in [3.63, 3.8) is 0 Å². The molecule has 3 aromatic rings. The number of pyridine rings is 2. The number of carbonyl (C=O) groups is 1. The Hall–Kier alpha value is -3.34. The summed E-state index contributed by atoms with van der Waals surface area (Å²) in [6.45, 7) is 0. The SMILES string of the molecule is N[C@H]1C[C@@H](c2ccncc2NC(=O)c2ccc(F)c(-c3c(F)cccc3F)n2)O[C@@H](C2CC2)[C@@H]1O. The highest BCUT2D eigenvalue weighted by molar-refractivity contribution is 6.03. The standard InChI is InChI=1S/C25H23F3N4O3/c26-14-2-1-3-15(27)21(14)22-16(28)6-7-18(31-22)25(34)32-19-11-30-9-8-13(19)20-10-17(29)23(33)24(35-20)12-4-5-12/h1-3,6-9,11-12,17,20,23-24,33H,4-5,10,29H2,(H,32,34)/t17-,20-,23+,24-/m0/s1. The van der Waals surface area contributed by atoms with Crippen molar-refractivity contribution in [3.05, 3.63) is 77.5 Å². The second-order valence-corrected chi connectivity index (χ2v) is 8.86. The predicted octanol–water partition coefficient (Wildman–Crippen LogP) is 3.74. The van der Waals surface area contributed by atoms with Crippen molar-refractivity contribution in [1.29, 1.82) is 0 Å². The van der Waals surface area contributed by atoms with E-state index in [0.29, 0.717) is 17.7 Å². The van der Waals surface area contributed by atoms with Crippen molar-refractivity contribution in [3.8, 4) is 11.3 Å². The number of ether oxygens (including phenoxy) is 1. The summed E-state index contributed by atoms with van der Waals surface area (Å²) in [4.78, 5) is 21.0. The van der Waals surface area contributed by atoms with Gasteiger partial charge in [-0.15, -0.1) is 0 Å². The van der Waals surface area contributed by atoms with Crippen molar-refractivity contribution in [1.82, 2.24) is 9.97 Å². The largest absolute Gasteiger partial charge is 0.389 e. The Morgan fingerprint density at radius 3 is 2.54 bits per heavy atom. The summed E-state index contributed by atoms with van der Waals surface area (Å²) in [5.74, 6) is -3.44. The van der Waals surface area contributed by atoms with Crippen LogP contribution in [0.2, 0.25) is 0 Å². The zero-order chi connectivity index (χ0) is 24.7. The Balaban J connectivity index is 1.42. The number of nitrogens with zero attached hydrogens (tertiary/aromatic N) is 2. The molecule has 35 heavy (non-hydrogen) atoms. The maximum absolute atomic E-state index is 14.4. The second kappa shape index (κ2) is 9.37. The average molecular weight is 484 g/mol. The summed E-state index contributed by atoms with van der Waals surface area (Å²) in [5.41, 5.74) is 5.60. The molecule has 7 nitrogen and oxygen atoms in total. The first-order chi connectivity index (χ1) is 16.8. The summed E-state index contributed by atoms with van der Waals surface area (Å²) in [6, 6.07) is 6.36. The number of nitrogens with two attached hydrogens (primary N) is 1. The van der Waals surface area contributed by atoms with Crippen molar-refractivity contribution >= 4 is 11.6 Å². The third-order valence-electron chi connectivity index (χ3n) is 6.40. The number of carbonyl (C=O) groups excluding carboxylic acids is 1. The molecule has 1 amide bonds. The van der Waals surface area contributed by atoms with Gasteiger partial charge >= 0.3 is 0 Å². The third kappa shape index (κ3) is 4.64. The van der Waals surface area contributed by atoms with Crippen LogP contribution in [0.1, 0.15) is 41.4 Å². The van der Waals surface area contributed by atoms with Crippen LogP contribution in [0.15, 0.2) is 48.8 Å². The number of aromatic nitrogens is 2. The van der Waals surface area contributed by atoms with Crippen LogP contribution in [0.3, 0.4) is 0 Å². The molecule has 2 aliphatic rings. The van der Waals surface area contributed by atoms with Crippen molar-refractivity contribution in [2.24, 2.45) is 11.7 Å². The van der Waals surface area contributed by atoms with E-state index in [1.807, 2.05) is 0 Å². The van der Waals surface area contributed by atoms with E-state index >= 15 is 0 Å². The van der Waals surface area contributed by atoms with Crippen LogP contribution in [0, 0.1) is 23.4 Å². The van der Waals surface area contributed by atoms with Crippen LogP contribution in [0.5, 0.6) is 0 Å². The zero-order valence-corrected chi connectivity index (χ0v) is 18.5. The number of benzene rings is 1. The Kier molecular flexibility index (Phi) is 6.26. The van der Waals surface area contributed by atoms with Gasteiger partial charge in [0, 0.05) is 17.8 Å². The molecule has 1 saturated carbocycles. The normalized spacial score (nSPS) is 24.3. The van der Waals surface area contributed by atoms with E-state index in [-0.39, 0.29) is 11.6 Å². The molecule has 3 heterocycles. The molecule has 4 atom stereocenters. The molecular weight excluding hydrogens is 461 g/mol. The van der Waals surface area contributed by atoms with Gasteiger partial charge in [-0.1, -0.05) is 6.07 Å². The molecule has 1 aliphatic carbocycles. The Morgan fingerprint density at radius 2 is 1.83 bits per heavy atom. The minimum absolute atomic E-state index is 0.244. The van der Waals surface area contributed by atoms with Crippen LogP contribution >= 0.6 is 0 Å². The number of halogens is 3. The van der Waals surface area contributed by atoms with E-state index < -0.39 is 59.0 Å². The van der Waals surface area contributed by atoms with Crippen LogP contribution in [-0.2, 0) is 4.74 Å². The van der Waals surface area contributed by atoms with E-state index in [2.05, 4.69) is 15.3 Å². The molecule has 0 bridgehead atoms. The number of rotatable bonds is 5. The molecule has 4 N–H and O–H groups in total. The molecule has 182 valence electrons. The fourth-order valence-corrected chi connectivity index (χ4v) is 4.42. The summed E-state index contributed by atoms with van der Waals surface area (Å²) in [5, 5.41) is 13.1. The van der Waals surface area contributed by atoms with Crippen LogP contribution < -0.4 is 11.1 Å². The Morgan fingerprint density at radius 1 is 1.09 bits per heavy atom. The van der Waals surface area contributed by atoms with E-state index in [4.69, 9.17) is 10.5 Å². The van der Waals surface area contributed by atoms with Gasteiger partial charge < -0.3 is 20.9 Å². The van der Waals surface area contributed by atoms with Gasteiger partial charge in [-0.3, -0.25) is 9.78 Å². The highest BCUT2D eigenvalue weighted by atomic mass is 19.1. The maximum Gasteiger partial charge on any atom is 0.274 e. The quantitative estimate of drug-likeness (QED) is 0.509. The maximum atomic E-state index is 14.4. The highest BCUT2D eigenvalue weighted by Crippen LogP contribution is 2.43. The van der Waals surface area contributed by atoms with Gasteiger partial charge in [0.15, 0.2) is 0 Å². The lowest BCUT2D eigenvalue weighted by Gasteiger charge is -2.38. The van der Waals surface area contributed by atoms with Gasteiger partial charge in [0.05, 0.1) is 35.8 Å². The Labute approximate surface area is 199 Å². The number of hydrogen-bond donors (Lipinski definition) is 3. The number of amides is 1. The average Bonchev–Trinajstić information content (AvgIpc) is 3.67. The Bertz CT molecular complexity index is 1250. The van der Waals surface area contributed by atoms with Crippen LogP contribution in [-0.4, -0.2) is 39.2 Å². The number of aliphatic hydroxyl groups is 1. The topological polar surface area (TPSA) is 110 Å². The number of anilines is 1. The molecular formula is C25H23F3N4O3. The molecule has 0 unspecified atom stereocenters. The molecule has 1 saturated heterocycles. The first-order valence-electron chi connectivity index (χ1n) is 11.3. The van der Waals surface area contributed by atoms with Crippen LogP contribution in [0.4, 0.5) is 18.9 Å². The number of nitrogens with one attached hydrogen (secondary N) is 1. The molecule has 1 aromatic carbocycles. The lowest BCUT2D eigenvalue weighted by molar-refractivity contribution is -0.136. The molecule has 2 fully saturated rings. The fourth-order valence-electron chi connectivity index (χ4n) is 4.42. The van der Waals surface area contributed by atoms with Gasteiger partial charge in [-0.2, -0.15) is 0 Å². The summed E-state index contributed by atoms with van der Waals surface area (Å²) in [6.07, 6.45) is 3.60. The number of hydrogen-bond acceptors (Lipinski definition) is 6. The minimum atomic E-state index is -0.998. The van der Waals surface area contributed by atoms with E-state index in [0.717, 1.165) is 43.2 Å². The zero-order valence-electron chi connectivity index (χ0n) is 18.5. The second-order valence-electron chi connectivity index (χ2n) is 8.86. The molecule has 10 heteroatoms. The van der Waals surface area contributed by atoms with Gasteiger partial charge in [0.1, 0.15) is 28.8 Å². The van der Waals surface area contributed by atoms with E-state index in [1.54, 1.807) is 12.3 Å². The molecule has 0 radical (unpaired) electrons. The van der Waals surface area contributed by atoms with E-state index in [9.17, 15) is 23.1 Å². The molecule has 0 spiro atoms. The van der Waals surface area contributed by atoms with Gasteiger partial charge in [-0.25, -0.2) is 18.2 Å². The van der Waals surface area contributed by atoms with E-state index in [1.165, 1.54) is 6.20 Å². The highest BCUT2D eigenvalue weighted by Gasteiger charge is 2.45. The van der Waals surface area contributed by atoms with Gasteiger partial charge in [-0.05, 0) is 55.5 Å². The summed E-state index contributed by atoms with van der Waals surface area (Å²) < 4.78 is 49.0. The first-order valence-corrected chi connectivity index (χ1v) is 11.3. The summed E-state index contributed by atoms with van der Waals surface area (Å²) >= 11 is 0. The minimum Gasteiger partial charge on any atom is -0.389 e. The van der Waals surface area contributed by atoms with Gasteiger partial charge in [0.25, 0.3) is 5.91 Å². The van der Waals surface area contributed by atoms with Crippen molar-refractivity contribution < 1.29 is 27.8 Å². The lowest BCUT2D eigenvalue weighted by atomic mass is 9.90. The smallest absolute Gasteiger partial charge is 0.274 e. The summed E-state index contributed by atoms with van der Waals surface area (Å²) in [7, 11) is 0. The third-order valence-corrected chi connectivity index (χ3v) is 6.40. The molecule has 1 aliphatic heterocycles. The van der Waals surface area contributed by atoms with Crippen molar-refractivity contribution in [2.45, 2.75) is 43.6 Å². The molecule has 5 rings (SSSR count). The van der Waals surface area contributed by atoms with Crippen molar-refractivity contribution in [2.75, 3.05) is 5.32 Å². The monoisotopic (exact) mass is 484 g/mol. The molecule has 2 aromatic heterocycles. The lowest BCUT2D eigenvalue weighted by Crippen LogP contribution is -2.50.